The van der Waals surface area contributed by atoms with Gasteiger partial charge in [-0.1, -0.05) is 19.3 Å². The third kappa shape index (κ3) is 1.55. The normalized spacial score (nSPS) is 32.2. The molecule has 1 saturated carbocycles. The smallest absolute Gasteiger partial charge is 0.169 e. The molecule has 1 aliphatic carbocycles. The summed E-state index contributed by atoms with van der Waals surface area (Å²) in [5.41, 5.74) is 0. The Hall–Kier alpha value is -0.530. The van der Waals surface area contributed by atoms with Crippen LogP contribution in [0.25, 0.3) is 0 Å². The van der Waals surface area contributed by atoms with Crippen LogP contribution < -0.4 is 0 Å². The van der Waals surface area contributed by atoms with Crippen LogP contribution in [0.1, 0.15) is 32.1 Å². The molecule has 0 bridgehead atoms. The molecule has 0 aromatic heterocycles. The Bertz CT molecular complexity index is 150. The second-order valence-corrected chi connectivity index (χ2v) is 3.55. The molecule has 2 rings (SSSR count). The quantitative estimate of drug-likeness (QED) is 0.564. The number of nitrogens with zero attached hydrogens (tertiary/aromatic N) is 1. The van der Waals surface area contributed by atoms with E-state index in [0.29, 0.717) is 6.04 Å². The lowest BCUT2D eigenvalue weighted by Gasteiger charge is -2.24. The Morgan fingerprint density at radius 2 is 2.00 bits per heavy atom. The van der Waals surface area contributed by atoms with Crippen LogP contribution in [-0.2, 0) is 4.74 Å². The molecule has 0 aromatic rings. The zero-order chi connectivity index (χ0) is 7.52. The molecule has 1 atom stereocenters. The first-order valence-corrected chi connectivity index (χ1v) is 4.60. The van der Waals surface area contributed by atoms with Crippen molar-refractivity contribution in [2.24, 2.45) is 10.9 Å². The van der Waals surface area contributed by atoms with Crippen molar-refractivity contribution in [2.45, 2.75) is 38.1 Å². The molecule has 2 aliphatic rings. The number of hydrogen-bond donors (Lipinski definition) is 0. The summed E-state index contributed by atoms with van der Waals surface area (Å²) < 4.78 is 5.12. The summed E-state index contributed by atoms with van der Waals surface area (Å²) in [5.74, 6) is 0.822. The van der Waals surface area contributed by atoms with E-state index >= 15 is 0 Å². The second kappa shape index (κ2) is 3.24. The molecule has 1 aliphatic heterocycles. The highest BCUT2D eigenvalue weighted by Crippen LogP contribution is 2.28. The average molecular weight is 153 g/mol. The molecule has 0 saturated heterocycles. The summed E-state index contributed by atoms with van der Waals surface area (Å²) >= 11 is 0. The van der Waals surface area contributed by atoms with Gasteiger partial charge < -0.3 is 4.74 Å². The van der Waals surface area contributed by atoms with Crippen molar-refractivity contribution in [3.8, 4) is 0 Å². The fraction of sp³-hybridized carbons (Fsp3) is 0.889. The Balaban J connectivity index is 1.87. The minimum atomic E-state index is 0.496. The fourth-order valence-corrected chi connectivity index (χ4v) is 2.08. The zero-order valence-corrected chi connectivity index (χ0v) is 6.83. The number of rotatable bonds is 1. The molecular formula is C9H15NO. The molecule has 1 fully saturated rings. The van der Waals surface area contributed by atoms with E-state index in [9.17, 15) is 0 Å². The van der Waals surface area contributed by atoms with E-state index in [-0.39, 0.29) is 0 Å². The van der Waals surface area contributed by atoms with Gasteiger partial charge in [-0.2, -0.15) is 0 Å². The minimum absolute atomic E-state index is 0.496. The highest BCUT2D eigenvalue weighted by molar-refractivity contribution is 5.49. The molecule has 0 aromatic carbocycles. The maximum Gasteiger partial charge on any atom is 0.169 e. The highest BCUT2D eigenvalue weighted by Gasteiger charge is 2.25. The molecule has 2 heteroatoms. The van der Waals surface area contributed by atoms with Gasteiger partial charge in [0.2, 0.25) is 0 Å². The van der Waals surface area contributed by atoms with Gasteiger partial charge >= 0.3 is 0 Å². The maximum absolute atomic E-state index is 5.12. The van der Waals surface area contributed by atoms with Crippen molar-refractivity contribution < 1.29 is 4.74 Å². The summed E-state index contributed by atoms with van der Waals surface area (Å²) in [7, 11) is 0. The van der Waals surface area contributed by atoms with E-state index in [1.165, 1.54) is 32.1 Å². The van der Waals surface area contributed by atoms with Gasteiger partial charge in [0.15, 0.2) is 6.40 Å². The molecule has 0 radical (unpaired) electrons. The Kier molecular flexibility index (Phi) is 2.11. The first-order valence-electron chi connectivity index (χ1n) is 4.60. The minimum Gasteiger partial charge on any atom is -0.481 e. The van der Waals surface area contributed by atoms with Gasteiger partial charge in [-0.3, -0.25) is 4.99 Å². The first kappa shape index (κ1) is 7.14. The molecule has 62 valence electrons. The number of hydrogen-bond acceptors (Lipinski definition) is 2. The van der Waals surface area contributed by atoms with E-state index < -0.39 is 0 Å². The fourth-order valence-electron chi connectivity index (χ4n) is 2.08. The Morgan fingerprint density at radius 3 is 2.64 bits per heavy atom. The van der Waals surface area contributed by atoms with Gasteiger partial charge in [-0.15, -0.1) is 0 Å². The van der Waals surface area contributed by atoms with Gasteiger partial charge in [0.25, 0.3) is 0 Å². The topological polar surface area (TPSA) is 21.6 Å². The van der Waals surface area contributed by atoms with Crippen LogP contribution in [0.15, 0.2) is 4.99 Å². The van der Waals surface area contributed by atoms with Crippen LogP contribution in [0.3, 0.4) is 0 Å². The predicted octanol–water partition coefficient (Wildman–Crippen LogP) is 1.99. The SMILES string of the molecule is C1=NC(C2CCCCC2)CO1. The van der Waals surface area contributed by atoms with E-state index in [2.05, 4.69) is 4.99 Å². The summed E-state index contributed by atoms with van der Waals surface area (Å²) in [6.07, 6.45) is 8.58. The highest BCUT2D eigenvalue weighted by atomic mass is 16.5. The predicted molar refractivity (Wildman–Crippen MR) is 44.8 cm³/mol. The molecule has 2 nitrogen and oxygen atoms in total. The lowest BCUT2D eigenvalue weighted by Crippen LogP contribution is -2.22. The zero-order valence-electron chi connectivity index (χ0n) is 6.83. The van der Waals surface area contributed by atoms with Crippen molar-refractivity contribution in [3.05, 3.63) is 0 Å². The van der Waals surface area contributed by atoms with E-state index in [0.717, 1.165) is 12.5 Å². The second-order valence-electron chi connectivity index (χ2n) is 3.55. The van der Waals surface area contributed by atoms with Crippen LogP contribution in [0, 0.1) is 5.92 Å². The van der Waals surface area contributed by atoms with E-state index in [1.807, 2.05) is 0 Å². The molecule has 1 heterocycles. The van der Waals surface area contributed by atoms with Gasteiger partial charge in [-0.05, 0) is 18.8 Å². The summed E-state index contributed by atoms with van der Waals surface area (Å²) in [6.45, 7) is 0.838. The molecule has 0 amide bonds. The van der Waals surface area contributed by atoms with Crippen molar-refractivity contribution in [1.29, 1.82) is 0 Å². The van der Waals surface area contributed by atoms with Gasteiger partial charge in [0.1, 0.15) is 6.61 Å². The molecule has 0 spiro atoms. The van der Waals surface area contributed by atoms with Gasteiger partial charge in [-0.25, -0.2) is 0 Å². The van der Waals surface area contributed by atoms with Crippen molar-refractivity contribution in [3.63, 3.8) is 0 Å². The lowest BCUT2D eigenvalue weighted by atomic mass is 9.84. The molecular weight excluding hydrogens is 138 g/mol. The third-order valence-electron chi connectivity index (χ3n) is 2.79. The van der Waals surface area contributed by atoms with Gasteiger partial charge in [0, 0.05) is 0 Å². The van der Waals surface area contributed by atoms with Gasteiger partial charge in [0.05, 0.1) is 6.04 Å². The number of ether oxygens (including phenoxy) is 1. The third-order valence-corrected chi connectivity index (χ3v) is 2.79. The van der Waals surface area contributed by atoms with Crippen LogP contribution >= 0.6 is 0 Å². The van der Waals surface area contributed by atoms with Crippen molar-refractivity contribution in [1.82, 2.24) is 0 Å². The monoisotopic (exact) mass is 153 g/mol. The van der Waals surface area contributed by atoms with Crippen LogP contribution in [0.2, 0.25) is 0 Å². The summed E-state index contributed by atoms with van der Waals surface area (Å²) in [4.78, 5) is 4.31. The van der Waals surface area contributed by atoms with Crippen LogP contribution in [0.5, 0.6) is 0 Å². The maximum atomic E-state index is 5.12. The molecule has 0 N–H and O–H groups in total. The van der Waals surface area contributed by atoms with Crippen molar-refractivity contribution in [2.75, 3.05) is 6.61 Å². The Labute approximate surface area is 67.7 Å². The van der Waals surface area contributed by atoms with Crippen LogP contribution in [0.4, 0.5) is 0 Å². The van der Waals surface area contributed by atoms with E-state index in [4.69, 9.17) is 4.74 Å². The van der Waals surface area contributed by atoms with Crippen molar-refractivity contribution >= 4 is 6.40 Å². The van der Waals surface area contributed by atoms with Crippen LogP contribution in [-0.4, -0.2) is 19.0 Å². The number of aliphatic imine (C=N–C) groups is 1. The molecule has 11 heavy (non-hydrogen) atoms. The summed E-state index contributed by atoms with van der Waals surface area (Å²) in [6, 6.07) is 0.496. The summed E-state index contributed by atoms with van der Waals surface area (Å²) in [5, 5.41) is 0. The standard InChI is InChI=1S/C9H15NO/c1-2-4-8(5-3-1)9-6-11-7-10-9/h7-9H,1-6H2. The average Bonchev–Trinajstić information content (AvgIpc) is 2.58. The Morgan fingerprint density at radius 1 is 1.18 bits per heavy atom. The first-order chi connectivity index (χ1) is 5.47. The largest absolute Gasteiger partial charge is 0.481 e. The lowest BCUT2D eigenvalue weighted by molar-refractivity contribution is 0.244. The molecule has 1 unspecified atom stereocenters. The van der Waals surface area contributed by atoms with E-state index in [1.54, 1.807) is 6.40 Å².